The molecule has 4 aromatic carbocycles. The highest BCUT2D eigenvalue weighted by Crippen LogP contribution is 2.30. The van der Waals surface area contributed by atoms with E-state index in [-0.39, 0.29) is 41.2 Å². The van der Waals surface area contributed by atoms with Gasteiger partial charge in [0.15, 0.2) is 0 Å². The number of ether oxygens (including phenoxy) is 1. The van der Waals surface area contributed by atoms with Crippen molar-refractivity contribution in [2.75, 3.05) is 18.0 Å². The van der Waals surface area contributed by atoms with Gasteiger partial charge in [0.05, 0.1) is 22.6 Å². The Bertz CT molecular complexity index is 1930. The van der Waals surface area contributed by atoms with Crippen molar-refractivity contribution in [3.05, 3.63) is 129 Å². The lowest BCUT2D eigenvalue weighted by Crippen LogP contribution is -2.54. The van der Waals surface area contributed by atoms with Gasteiger partial charge in [0.1, 0.15) is 18.3 Å². The third-order valence-corrected chi connectivity index (χ3v) is 10.9. The summed E-state index contributed by atoms with van der Waals surface area (Å²) < 4.78 is 35.0. The van der Waals surface area contributed by atoms with Gasteiger partial charge in [-0.3, -0.25) is 24.0 Å². The van der Waals surface area contributed by atoms with Gasteiger partial charge in [-0.25, -0.2) is 8.42 Å². The molecule has 5 rings (SSSR count). The van der Waals surface area contributed by atoms with Crippen LogP contribution in [0.5, 0.6) is 5.75 Å². The summed E-state index contributed by atoms with van der Waals surface area (Å²) in [5.74, 6) is -0.455. The van der Waals surface area contributed by atoms with E-state index in [1.165, 1.54) is 43.2 Å². The van der Waals surface area contributed by atoms with Gasteiger partial charge in [-0.1, -0.05) is 73.5 Å². The lowest BCUT2D eigenvalue weighted by atomic mass is 10.0. The Morgan fingerprint density at radius 3 is 2.22 bits per heavy atom. The monoisotopic (exact) mass is 698 g/mol. The number of methoxy groups -OCH3 is 1. The summed E-state index contributed by atoms with van der Waals surface area (Å²) in [6, 6.07) is 25.8. The minimum absolute atomic E-state index is 0.00955. The first-order valence-electron chi connectivity index (χ1n) is 16.6. The van der Waals surface area contributed by atoms with Gasteiger partial charge in [0.25, 0.3) is 15.7 Å². The lowest BCUT2D eigenvalue weighted by Gasteiger charge is -2.34. The molecule has 0 radical (unpaired) electrons. The van der Waals surface area contributed by atoms with Crippen molar-refractivity contribution in [2.24, 2.45) is 0 Å². The zero-order valence-corrected chi connectivity index (χ0v) is 29.3. The molecule has 1 N–H and O–H groups in total. The predicted molar refractivity (Wildman–Crippen MR) is 191 cm³/mol. The number of anilines is 1. The predicted octanol–water partition coefficient (Wildman–Crippen LogP) is 6.11. The van der Waals surface area contributed by atoms with Crippen LogP contribution in [0.3, 0.4) is 0 Å². The number of nitro groups is 1. The Hall–Kier alpha value is -5.23. The molecule has 0 aromatic heterocycles. The molecule has 1 atom stereocenters. The van der Waals surface area contributed by atoms with Crippen molar-refractivity contribution in [1.82, 2.24) is 10.2 Å². The van der Waals surface area contributed by atoms with Gasteiger partial charge in [0, 0.05) is 30.6 Å². The smallest absolute Gasteiger partial charge is 0.273 e. The molecule has 0 aliphatic heterocycles. The van der Waals surface area contributed by atoms with E-state index < -0.39 is 33.4 Å². The van der Waals surface area contributed by atoms with Gasteiger partial charge in [-0.15, -0.1) is 0 Å². The molecular weight excluding hydrogens is 657 g/mol. The van der Waals surface area contributed by atoms with Crippen LogP contribution < -0.4 is 14.4 Å². The van der Waals surface area contributed by atoms with Crippen LogP contribution in [0.15, 0.2) is 102 Å². The second-order valence-electron chi connectivity index (χ2n) is 12.6. The molecule has 4 aromatic rings. The fraction of sp³-hybridized carbons (Fsp3) is 0.316. The SMILES string of the molecule is COc1ccc(N(CC(=O)N(Cc2ccccc2C)[C@@H](Cc2ccccc2)C(=O)NC2CCCC2)S(=O)(=O)c2ccc(C)c([N+](=O)[O-])c2)cc1. The fourth-order valence-corrected chi connectivity index (χ4v) is 7.68. The van der Waals surface area contributed by atoms with Gasteiger partial charge >= 0.3 is 0 Å². The van der Waals surface area contributed by atoms with Crippen LogP contribution in [-0.2, 0) is 32.6 Å². The number of amides is 2. The maximum absolute atomic E-state index is 14.8. The normalized spacial score (nSPS) is 13.7. The van der Waals surface area contributed by atoms with Gasteiger partial charge in [0.2, 0.25) is 11.8 Å². The van der Waals surface area contributed by atoms with Crippen LogP contribution in [0.25, 0.3) is 0 Å². The number of hydrogen-bond acceptors (Lipinski definition) is 7. The fourth-order valence-electron chi connectivity index (χ4n) is 6.24. The molecule has 262 valence electrons. The summed E-state index contributed by atoms with van der Waals surface area (Å²) in [6.07, 6.45) is 3.91. The average molecular weight is 699 g/mol. The van der Waals surface area contributed by atoms with Crippen LogP contribution in [0.1, 0.15) is 47.9 Å². The molecule has 1 fully saturated rings. The molecule has 50 heavy (non-hydrogen) atoms. The second-order valence-corrected chi connectivity index (χ2v) is 14.4. The molecule has 11 nitrogen and oxygen atoms in total. The lowest BCUT2D eigenvalue weighted by molar-refractivity contribution is -0.385. The quantitative estimate of drug-likeness (QED) is 0.124. The van der Waals surface area contributed by atoms with Gasteiger partial charge in [-0.05, 0) is 73.7 Å². The maximum Gasteiger partial charge on any atom is 0.273 e. The minimum Gasteiger partial charge on any atom is -0.497 e. The van der Waals surface area contributed by atoms with Crippen LogP contribution in [0.4, 0.5) is 11.4 Å². The zero-order valence-electron chi connectivity index (χ0n) is 28.4. The zero-order chi connectivity index (χ0) is 35.8. The van der Waals surface area contributed by atoms with Crippen molar-refractivity contribution in [2.45, 2.75) is 69.5 Å². The number of aryl methyl sites for hydroxylation is 2. The van der Waals surface area contributed by atoms with Crippen LogP contribution in [-0.4, -0.2) is 55.8 Å². The van der Waals surface area contributed by atoms with E-state index in [0.717, 1.165) is 52.7 Å². The molecule has 0 unspecified atom stereocenters. The van der Waals surface area contributed by atoms with Crippen molar-refractivity contribution in [3.63, 3.8) is 0 Å². The van der Waals surface area contributed by atoms with Crippen LogP contribution in [0, 0.1) is 24.0 Å². The Kier molecular flexibility index (Phi) is 11.5. The molecule has 1 saturated carbocycles. The first-order valence-corrected chi connectivity index (χ1v) is 18.0. The van der Waals surface area contributed by atoms with E-state index in [1.807, 2.05) is 61.5 Å². The van der Waals surface area contributed by atoms with E-state index in [9.17, 15) is 28.1 Å². The van der Waals surface area contributed by atoms with E-state index in [0.29, 0.717) is 11.3 Å². The third kappa shape index (κ3) is 8.49. The molecule has 0 spiro atoms. The summed E-state index contributed by atoms with van der Waals surface area (Å²) >= 11 is 0. The Labute approximate surface area is 293 Å². The third-order valence-electron chi connectivity index (χ3n) is 9.18. The minimum atomic E-state index is -4.54. The first kappa shape index (κ1) is 36.1. The van der Waals surface area contributed by atoms with Crippen molar-refractivity contribution in [3.8, 4) is 5.75 Å². The van der Waals surface area contributed by atoms with E-state index in [1.54, 1.807) is 12.1 Å². The standard InChI is InChI=1S/C38H42N4O7S/c1-27-11-7-8-14-30(27)25-40(36(23-29-12-5-4-6-13-29)38(44)39-31-15-9-10-16-31)37(43)26-41(32-18-20-33(49-3)21-19-32)50(47,48)34-22-17-28(2)35(24-34)42(45)46/h4-8,11-14,17-22,24,31,36H,9-10,15-16,23,25-26H2,1-3H3,(H,39,44)/t36-/m0/s1. The highest BCUT2D eigenvalue weighted by atomic mass is 32.2. The Morgan fingerprint density at radius 1 is 0.920 bits per heavy atom. The number of benzene rings is 4. The summed E-state index contributed by atoms with van der Waals surface area (Å²) in [4.78, 5) is 41.2. The van der Waals surface area contributed by atoms with Gasteiger partial charge < -0.3 is 15.0 Å². The molecule has 12 heteroatoms. The molecule has 1 aliphatic carbocycles. The number of nitrogens with one attached hydrogen (secondary N) is 1. The average Bonchev–Trinajstić information content (AvgIpc) is 3.62. The largest absolute Gasteiger partial charge is 0.497 e. The number of nitrogens with zero attached hydrogens (tertiary/aromatic N) is 3. The molecule has 2 amide bonds. The maximum atomic E-state index is 14.8. The number of sulfonamides is 1. The van der Waals surface area contributed by atoms with Crippen molar-refractivity contribution < 1.29 is 27.7 Å². The molecule has 0 saturated heterocycles. The Balaban J connectivity index is 1.60. The number of hydrogen-bond donors (Lipinski definition) is 1. The number of nitro benzene ring substituents is 1. The topological polar surface area (TPSA) is 139 Å². The summed E-state index contributed by atoms with van der Waals surface area (Å²) in [7, 11) is -3.06. The van der Waals surface area contributed by atoms with Crippen LogP contribution >= 0.6 is 0 Å². The number of carbonyl (C=O) groups excluding carboxylic acids is 2. The van der Waals surface area contributed by atoms with Crippen molar-refractivity contribution in [1.29, 1.82) is 0 Å². The van der Waals surface area contributed by atoms with E-state index in [4.69, 9.17) is 4.74 Å². The van der Waals surface area contributed by atoms with E-state index in [2.05, 4.69) is 5.32 Å². The van der Waals surface area contributed by atoms with E-state index >= 15 is 0 Å². The second kappa shape index (κ2) is 16.0. The summed E-state index contributed by atoms with van der Waals surface area (Å²) in [6.45, 7) is 2.81. The molecular formula is C38H42N4O7S. The molecule has 1 aliphatic rings. The van der Waals surface area contributed by atoms with Gasteiger partial charge in [-0.2, -0.15) is 0 Å². The van der Waals surface area contributed by atoms with Crippen molar-refractivity contribution >= 4 is 33.2 Å². The first-order chi connectivity index (χ1) is 24.0. The Morgan fingerprint density at radius 2 is 1.58 bits per heavy atom. The number of rotatable bonds is 14. The summed E-state index contributed by atoms with van der Waals surface area (Å²) in [5.41, 5.74) is 2.64. The summed E-state index contributed by atoms with van der Waals surface area (Å²) in [5, 5.41) is 14.9. The highest BCUT2D eigenvalue weighted by molar-refractivity contribution is 7.92. The number of carbonyl (C=O) groups is 2. The molecule has 0 bridgehead atoms. The molecule has 0 heterocycles. The van der Waals surface area contributed by atoms with Crippen LogP contribution in [0.2, 0.25) is 0 Å². The highest BCUT2D eigenvalue weighted by Gasteiger charge is 2.36.